The summed E-state index contributed by atoms with van der Waals surface area (Å²) in [6.45, 7) is 10.6. The number of nitrogens with one attached hydrogen (secondary N) is 1. The van der Waals surface area contributed by atoms with E-state index >= 15 is 0 Å². The van der Waals surface area contributed by atoms with Crippen molar-refractivity contribution >= 4 is 22.2 Å². The Morgan fingerprint density at radius 2 is 1.96 bits per heavy atom. The van der Waals surface area contributed by atoms with Gasteiger partial charge in [0.25, 0.3) is 5.91 Å². The first-order valence-corrected chi connectivity index (χ1v) is 9.85. The minimum absolute atomic E-state index is 0.0129. The van der Waals surface area contributed by atoms with Crippen LogP contribution in [0.1, 0.15) is 49.3 Å². The smallest absolute Gasteiger partial charge is 0.262 e. The summed E-state index contributed by atoms with van der Waals surface area (Å²) in [5.74, 6) is 0.394. The van der Waals surface area contributed by atoms with Crippen LogP contribution in [-0.2, 0) is 16.8 Å². The molecule has 1 aromatic heterocycles. The Labute approximate surface area is 164 Å². The van der Waals surface area contributed by atoms with Crippen LogP contribution in [0, 0.1) is 18.3 Å². The van der Waals surface area contributed by atoms with Crippen LogP contribution in [0.15, 0.2) is 24.3 Å². The molecule has 0 radical (unpaired) electrons. The fourth-order valence-corrected chi connectivity index (χ4v) is 5.12. The molecular weight excluding hydrogens is 358 g/mol. The van der Waals surface area contributed by atoms with E-state index in [0.717, 1.165) is 22.4 Å². The summed E-state index contributed by atoms with van der Waals surface area (Å²) in [6.07, 6.45) is 0.806. The van der Waals surface area contributed by atoms with Crippen molar-refractivity contribution in [1.29, 1.82) is 5.26 Å². The van der Waals surface area contributed by atoms with Gasteiger partial charge in [-0.25, -0.2) is 0 Å². The Bertz CT molecular complexity index is 905. The van der Waals surface area contributed by atoms with Crippen molar-refractivity contribution in [3.05, 3.63) is 45.8 Å². The van der Waals surface area contributed by atoms with E-state index in [0.29, 0.717) is 16.3 Å². The average Bonchev–Trinajstić information content (AvgIpc) is 2.90. The van der Waals surface area contributed by atoms with E-state index < -0.39 is 0 Å². The first-order valence-electron chi connectivity index (χ1n) is 9.04. The van der Waals surface area contributed by atoms with Crippen molar-refractivity contribution in [2.75, 3.05) is 11.9 Å². The van der Waals surface area contributed by atoms with E-state index in [2.05, 4.69) is 44.4 Å². The van der Waals surface area contributed by atoms with Gasteiger partial charge in [0.1, 0.15) is 22.4 Å². The molecular formula is C21H26N3O2S+. The molecule has 3 rings (SSSR count). The van der Waals surface area contributed by atoms with Gasteiger partial charge in [0, 0.05) is 6.42 Å². The fourth-order valence-electron chi connectivity index (χ4n) is 3.86. The van der Waals surface area contributed by atoms with Crippen molar-refractivity contribution in [3.8, 4) is 11.8 Å². The highest BCUT2D eigenvalue weighted by Gasteiger charge is 2.44. The number of rotatable bonds is 4. The van der Waals surface area contributed by atoms with Crippen LogP contribution in [0.3, 0.4) is 0 Å². The normalized spacial score (nSPS) is 16.9. The van der Waals surface area contributed by atoms with Crippen molar-refractivity contribution in [3.63, 3.8) is 0 Å². The van der Waals surface area contributed by atoms with E-state index in [9.17, 15) is 10.1 Å². The second-order valence-electron chi connectivity index (χ2n) is 8.41. The van der Waals surface area contributed by atoms with E-state index in [-0.39, 0.29) is 23.6 Å². The second-order valence-corrected chi connectivity index (χ2v) is 9.43. The number of ether oxygens (including phenoxy) is 1. The number of hydrogen-bond donors (Lipinski definition) is 2. The Kier molecular flexibility index (Phi) is 5.02. The lowest BCUT2D eigenvalue weighted by atomic mass is 9.81. The van der Waals surface area contributed by atoms with Gasteiger partial charge < -0.3 is 15.4 Å². The molecule has 0 saturated carbocycles. The number of carbonyl (C=O) groups excluding carboxylic acids is 1. The van der Waals surface area contributed by atoms with Crippen molar-refractivity contribution in [1.82, 2.24) is 0 Å². The third-order valence-corrected chi connectivity index (χ3v) is 6.22. The number of hydrogen-bond acceptors (Lipinski definition) is 4. The number of thiophene rings is 1. The molecule has 0 bridgehead atoms. The van der Waals surface area contributed by atoms with Gasteiger partial charge in [-0.3, -0.25) is 4.79 Å². The van der Waals surface area contributed by atoms with E-state index in [4.69, 9.17) is 4.74 Å². The van der Waals surface area contributed by atoms with Crippen LogP contribution in [0.2, 0.25) is 0 Å². The maximum Gasteiger partial charge on any atom is 0.262 e. The number of nitrogens with two attached hydrogens (primary N) is 1. The summed E-state index contributed by atoms with van der Waals surface area (Å²) >= 11 is 1.50. The Hall–Kier alpha value is -2.36. The number of nitrogens with zero attached hydrogens (tertiary/aromatic N) is 1. The lowest BCUT2D eigenvalue weighted by molar-refractivity contribution is -0.789. The molecule has 0 saturated heterocycles. The number of amides is 1. The van der Waals surface area contributed by atoms with Crippen LogP contribution in [-0.4, -0.2) is 18.1 Å². The van der Waals surface area contributed by atoms with E-state index in [1.807, 2.05) is 31.2 Å². The predicted molar refractivity (Wildman–Crippen MR) is 107 cm³/mol. The van der Waals surface area contributed by atoms with Gasteiger partial charge in [-0.05, 0) is 52.3 Å². The maximum absolute atomic E-state index is 12.4. The molecule has 5 nitrogen and oxygen atoms in total. The molecule has 1 aromatic carbocycles. The molecule has 0 aliphatic carbocycles. The average molecular weight is 385 g/mol. The van der Waals surface area contributed by atoms with Gasteiger partial charge in [-0.15, -0.1) is 11.3 Å². The monoisotopic (exact) mass is 384 g/mol. The van der Waals surface area contributed by atoms with Crippen molar-refractivity contribution < 1.29 is 14.8 Å². The summed E-state index contributed by atoms with van der Waals surface area (Å²) in [6, 6.07) is 9.87. The largest absolute Gasteiger partial charge is 0.484 e. The zero-order chi connectivity index (χ0) is 19.8. The molecule has 3 N–H and O–H groups in total. The zero-order valence-corrected chi connectivity index (χ0v) is 17.3. The Morgan fingerprint density at radius 3 is 2.59 bits per heavy atom. The first-order chi connectivity index (χ1) is 12.6. The van der Waals surface area contributed by atoms with E-state index in [1.165, 1.54) is 11.3 Å². The molecule has 1 aliphatic rings. The molecule has 0 atom stereocenters. The number of nitriles is 1. The quantitative estimate of drug-likeness (QED) is 0.850. The van der Waals surface area contributed by atoms with Gasteiger partial charge in [0.2, 0.25) is 0 Å². The summed E-state index contributed by atoms with van der Waals surface area (Å²) in [7, 11) is 0. The molecule has 0 unspecified atom stereocenters. The number of aryl methyl sites for hydroxylation is 1. The van der Waals surface area contributed by atoms with Gasteiger partial charge in [0.05, 0.1) is 16.0 Å². The predicted octanol–water partition coefficient (Wildman–Crippen LogP) is 3.08. The molecule has 142 valence electrons. The van der Waals surface area contributed by atoms with Crippen molar-refractivity contribution in [2.45, 2.75) is 52.1 Å². The second kappa shape index (κ2) is 6.99. The van der Waals surface area contributed by atoms with Crippen LogP contribution >= 0.6 is 11.3 Å². The molecule has 2 aromatic rings. The topological polar surface area (TPSA) is 78.7 Å². The molecule has 0 spiro atoms. The zero-order valence-electron chi connectivity index (χ0n) is 16.5. The van der Waals surface area contributed by atoms with E-state index in [1.54, 1.807) is 0 Å². The SMILES string of the molecule is Cc1ccc(OCC(=O)Nc2sc3c(c2C#N)CC(C)(C)[NH2+]C3(C)C)cc1. The number of quaternary nitrogens is 1. The molecule has 1 aliphatic heterocycles. The Balaban J connectivity index is 1.78. The summed E-state index contributed by atoms with van der Waals surface area (Å²) in [5, 5.41) is 15.6. The minimum atomic E-state index is -0.258. The molecule has 27 heavy (non-hydrogen) atoms. The minimum Gasteiger partial charge on any atom is -0.484 e. The highest BCUT2D eigenvalue weighted by Crippen LogP contribution is 2.41. The van der Waals surface area contributed by atoms with Gasteiger partial charge in [-0.2, -0.15) is 5.26 Å². The van der Waals surface area contributed by atoms with Crippen LogP contribution < -0.4 is 15.4 Å². The third-order valence-electron chi connectivity index (χ3n) is 4.73. The fraction of sp³-hybridized carbons (Fsp3) is 0.429. The first kappa shape index (κ1) is 19.4. The number of fused-ring (bicyclic) bond motifs is 1. The number of anilines is 1. The maximum atomic E-state index is 12.4. The van der Waals surface area contributed by atoms with Crippen molar-refractivity contribution in [2.24, 2.45) is 0 Å². The molecule has 6 heteroatoms. The molecule has 1 amide bonds. The highest BCUT2D eigenvalue weighted by molar-refractivity contribution is 7.16. The number of benzene rings is 1. The Morgan fingerprint density at radius 1 is 1.30 bits per heavy atom. The summed E-state index contributed by atoms with van der Waals surface area (Å²) in [5.41, 5.74) is 2.67. The number of carbonyl (C=O) groups is 1. The molecule has 0 fully saturated rings. The lowest BCUT2D eigenvalue weighted by Crippen LogP contribution is -3.03. The van der Waals surface area contributed by atoms with Gasteiger partial charge in [-0.1, -0.05) is 17.7 Å². The summed E-state index contributed by atoms with van der Waals surface area (Å²) in [4.78, 5) is 13.5. The summed E-state index contributed by atoms with van der Waals surface area (Å²) < 4.78 is 5.55. The van der Waals surface area contributed by atoms with Crippen LogP contribution in [0.4, 0.5) is 5.00 Å². The van der Waals surface area contributed by atoms with Crippen LogP contribution in [0.5, 0.6) is 5.75 Å². The highest BCUT2D eigenvalue weighted by atomic mass is 32.1. The van der Waals surface area contributed by atoms with Crippen LogP contribution in [0.25, 0.3) is 0 Å². The lowest BCUT2D eigenvalue weighted by Gasteiger charge is -2.38. The standard InChI is InChI=1S/C21H25N3O2S/c1-13-6-8-14(9-7-13)26-12-17(25)23-19-16(11-22)15-10-20(2,3)24-21(4,5)18(15)27-19/h6-9,24H,10,12H2,1-5H3,(H,23,25)/p+1. The molecule has 2 heterocycles. The third kappa shape index (κ3) is 4.15. The van der Waals surface area contributed by atoms with Gasteiger partial charge in [0.15, 0.2) is 6.61 Å². The van der Waals surface area contributed by atoms with Gasteiger partial charge >= 0.3 is 0 Å².